The number of methoxy groups -OCH3 is 2. The van der Waals surface area contributed by atoms with Gasteiger partial charge in [0.2, 0.25) is 0 Å². The van der Waals surface area contributed by atoms with Crippen molar-refractivity contribution in [1.82, 2.24) is 4.98 Å². The highest BCUT2D eigenvalue weighted by Gasteiger charge is 2.23. The van der Waals surface area contributed by atoms with Crippen molar-refractivity contribution in [1.29, 1.82) is 0 Å². The molecule has 0 fully saturated rings. The second-order valence-electron chi connectivity index (χ2n) is 3.94. The molecule has 1 heterocycles. The van der Waals surface area contributed by atoms with Crippen LogP contribution in [-0.2, 0) is 6.42 Å². The Hall–Kier alpha value is -2.37. The van der Waals surface area contributed by atoms with Crippen LogP contribution in [0, 0.1) is 10.1 Å². The molecule has 0 aliphatic rings. The standard InChI is InChI=1S/C13H14N2O4/c1-4-8-5-6-14-12-9(15(16)17)7-10(18-2)13(19-3)11(8)12/h5-7H,4H2,1-3H3. The third-order valence-electron chi connectivity index (χ3n) is 3.00. The summed E-state index contributed by atoms with van der Waals surface area (Å²) in [5.41, 5.74) is 1.17. The lowest BCUT2D eigenvalue weighted by Crippen LogP contribution is -1.99. The van der Waals surface area contributed by atoms with E-state index in [1.54, 1.807) is 6.20 Å². The van der Waals surface area contributed by atoms with Gasteiger partial charge in [-0.15, -0.1) is 0 Å². The van der Waals surface area contributed by atoms with Gasteiger partial charge in [0.15, 0.2) is 17.0 Å². The van der Waals surface area contributed by atoms with Crippen LogP contribution in [0.3, 0.4) is 0 Å². The molecule has 100 valence electrons. The molecule has 0 N–H and O–H groups in total. The van der Waals surface area contributed by atoms with E-state index >= 15 is 0 Å². The molecule has 19 heavy (non-hydrogen) atoms. The number of aryl methyl sites for hydroxylation is 1. The van der Waals surface area contributed by atoms with E-state index in [9.17, 15) is 10.1 Å². The van der Waals surface area contributed by atoms with Gasteiger partial charge in [0, 0.05) is 6.20 Å². The van der Waals surface area contributed by atoms with Crippen molar-refractivity contribution in [3.63, 3.8) is 0 Å². The summed E-state index contributed by atoms with van der Waals surface area (Å²) >= 11 is 0. The molecule has 2 rings (SSSR count). The molecule has 0 aliphatic carbocycles. The van der Waals surface area contributed by atoms with E-state index in [0.717, 1.165) is 12.0 Å². The van der Waals surface area contributed by atoms with Gasteiger partial charge < -0.3 is 9.47 Å². The second kappa shape index (κ2) is 5.09. The highest BCUT2D eigenvalue weighted by Crippen LogP contribution is 2.41. The Balaban J connectivity index is 2.97. The minimum Gasteiger partial charge on any atom is -0.493 e. The first-order valence-corrected chi connectivity index (χ1v) is 5.81. The molecule has 0 bridgehead atoms. The van der Waals surface area contributed by atoms with E-state index in [4.69, 9.17) is 9.47 Å². The topological polar surface area (TPSA) is 74.5 Å². The summed E-state index contributed by atoms with van der Waals surface area (Å²) in [7, 11) is 2.96. The first-order chi connectivity index (χ1) is 9.13. The van der Waals surface area contributed by atoms with Crippen LogP contribution < -0.4 is 9.47 Å². The van der Waals surface area contributed by atoms with Crippen molar-refractivity contribution in [3.8, 4) is 11.5 Å². The minimum atomic E-state index is -0.462. The minimum absolute atomic E-state index is 0.0806. The average Bonchev–Trinajstić information content (AvgIpc) is 2.44. The van der Waals surface area contributed by atoms with E-state index < -0.39 is 4.92 Å². The number of nitrogens with zero attached hydrogens (tertiary/aromatic N) is 2. The molecule has 0 unspecified atom stereocenters. The Morgan fingerprint density at radius 2 is 2.11 bits per heavy atom. The van der Waals surface area contributed by atoms with Crippen molar-refractivity contribution < 1.29 is 14.4 Å². The quantitative estimate of drug-likeness (QED) is 0.625. The number of hydrogen-bond acceptors (Lipinski definition) is 5. The number of nitro groups is 1. The van der Waals surface area contributed by atoms with Crippen LogP contribution in [-0.4, -0.2) is 24.1 Å². The Bertz CT molecular complexity index is 640. The van der Waals surface area contributed by atoms with Gasteiger partial charge in [0.1, 0.15) is 0 Å². The number of rotatable bonds is 4. The Labute approximate surface area is 110 Å². The summed E-state index contributed by atoms with van der Waals surface area (Å²) in [5.74, 6) is 0.817. The zero-order valence-electron chi connectivity index (χ0n) is 11.0. The van der Waals surface area contributed by atoms with Gasteiger partial charge in [-0.1, -0.05) is 6.92 Å². The van der Waals surface area contributed by atoms with Crippen molar-refractivity contribution in [3.05, 3.63) is 34.0 Å². The Morgan fingerprint density at radius 1 is 1.37 bits per heavy atom. The maximum atomic E-state index is 11.2. The SMILES string of the molecule is CCc1ccnc2c([N+](=O)[O-])cc(OC)c(OC)c12. The molecular weight excluding hydrogens is 248 g/mol. The summed E-state index contributed by atoms with van der Waals surface area (Å²) < 4.78 is 10.5. The normalized spacial score (nSPS) is 10.5. The number of aromatic nitrogens is 1. The first-order valence-electron chi connectivity index (χ1n) is 5.81. The van der Waals surface area contributed by atoms with Crippen LogP contribution in [0.1, 0.15) is 12.5 Å². The number of non-ortho nitro benzene ring substituents is 1. The number of fused-ring (bicyclic) bond motifs is 1. The number of ether oxygens (including phenoxy) is 2. The Morgan fingerprint density at radius 3 is 2.63 bits per heavy atom. The smallest absolute Gasteiger partial charge is 0.299 e. The van der Waals surface area contributed by atoms with Crippen molar-refractivity contribution >= 4 is 16.6 Å². The zero-order chi connectivity index (χ0) is 14.0. The van der Waals surface area contributed by atoms with E-state index in [-0.39, 0.29) is 5.69 Å². The maximum Gasteiger partial charge on any atom is 0.299 e. The zero-order valence-corrected chi connectivity index (χ0v) is 11.0. The van der Waals surface area contributed by atoms with Gasteiger partial charge in [-0.3, -0.25) is 10.1 Å². The van der Waals surface area contributed by atoms with Crippen molar-refractivity contribution in [2.75, 3.05) is 14.2 Å². The lowest BCUT2D eigenvalue weighted by molar-refractivity contribution is -0.383. The van der Waals surface area contributed by atoms with Crippen LogP contribution in [0.2, 0.25) is 0 Å². The first kappa shape index (κ1) is 13.1. The number of pyridine rings is 1. The van der Waals surface area contributed by atoms with Gasteiger partial charge >= 0.3 is 0 Å². The van der Waals surface area contributed by atoms with E-state index in [0.29, 0.717) is 22.4 Å². The molecular formula is C13H14N2O4. The molecule has 6 heteroatoms. The second-order valence-corrected chi connectivity index (χ2v) is 3.94. The van der Waals surface area contributed by atoms with E-state index in [1.807, 2.05) is 13.0 Å². The van der Waals surface area contributed by atoms with Crippen LogP contribution in [0.5, 0.6) is 11.5 Å². The summed E-state index contributed by atoms with van der Waals surface area (Å²) in [6.07, 6.45) is 2.29. The molecule has 0 spiro atoms. The maximum absolute atomic E-state index is 11.2. The predicted octanol–water partition coefficient (Wildman–Crippen LogP) is 2.72. The van der Waals surface area contributed by atoms with Gasteiger partial charge in [0.25, 0.3) is 5.69 Å². The lowest BCUT2D eigenvalue weighted by Gasteiger charge is -2.13. The molecule has 0 amide bonds. The number of hydrogen-bond donors (Lipinski definition) is 0. The fourth-order valence-electron chi connectivity index (χ4n) is 2.12. The summed E-state index contributed by atoms with van der Waals surface area (Å²) in [4.78, 5) is 14.8. The van der Waals surface area contributed by atoms with Crippen LogP contribution in [0.25, 0.3) is 10.9 Å². The van der Waals surface area contributed by atoms with E-state index in [2.05, 4.69) is 4.98 Å². The summed E-state index contributed by atoms with van der Waals surface area (Å²) in [6, 6.07) is 3.17. The molecule has 0 saturated heterocycles. The average molecular weight is 262 g/mol. The van der Waals surface area contributed by atoms with Gasteiger partial charge in [0.05, 0.1) is 30.6 Å². The van der Waals surface area contributed by atoms with Crippen molar-refractivity contribution in [2.45, 2.75) is 13.3 Å². The van der Waals surface area contributed by atoms with Gasteiger partial charge in [-0.05, 0) is 18.1 Å². The van der Waals surface area contributed by atoms with Crippen LogP contribution in [0.15, 0.2) is 18.3 Å². The predicted molar refractivity (Wildman–Crippen MR) is 70.9 cm³/mol. The molecule has 1 aromatic heterocycles. The molecule has 0 atom stereocenters. The van der Waals surface area contributed by atoms with Crippen LogP contribution in [0.4, 0.5) is 5.69 Å². The summed E-state index contributed by atoms with van der Waals surface area (Å²) in [6.45, 7) is 1.97. The highest BCUT2D eigenvalue weighted by molar-refractivity contribution is 5.97. The van der Waals surface area contributed by atoms with Crippen LogP contribution >= 0.6 is 0 Å². The molecule has 6 nitrogen and oxygen atoms in total. The molecule has 0 radical (unpaired) electrons. The largest absolute Gasteiger partial charge is 0.493 e. The fraction of sp³-hybridized carbons (Fsp3) is 0.308. The monoisotopic (exact) mass is 262 g/mol. The number of nitro benzene ring substituents is 1. The Kier molecular flexibility index (Phi) is 3.50. The fourth-order valence-corrected chi connectivity index (χ4v) is 2.12. The summed E-state index contributed by atoms with van der Waals surface area (Å²) in [5, 5.41) is 11.8. The van der Waals surface area contributed by atoms with E-state index in [1.165, 1.54) is 20.3 Å². The molecule has 0 saturated carbocycles. The van der Waals surface area contributed by atoms with Crippen molar-refractivity contribution in [2.24, 2.45) is 0 Å². The highest BCUT2D eigenvalue weighted by atomic mass is 16.6. The third-order valence-corrected chi connectivity index (χ3v) is 3.00. The van der Waals surface area contributed by atoms with Gasteiger partial charge in [-0.25, -0.2) is 4.98 Å². The van der Waals surface area contributed by atoms with Gasteiger partial charge in [-0.2, -0.15) is 0 Å². The lowest BCUT2D eigenvalue weighted by atomic mass is 10.0. The molecule has 2 aromatic rings. The molecule has 1 aromatic carbocycles. The third kappa shape index (κ3) is 2.05. The molecule has 0 aliphatic heterocycles. The number of benzene rings is 1.